The standard InChI is InChI=1S/C22H22Cl2N4O3S/c1-15-12-17(16(2)28(15)20-11-7-10-19(23)22(20)24)13-25-26-21(29)14-27(32(3,30)31)18-8-5-4-6-9-18/h4-13H,14H2,1-3H3,(H,26,29)/b25-13-. The van der Waals surface area contributed by atoms with E-state index in [1.54, 1.807) is 36.4 Å². The van der Waals surface area contributed by atoms with E-state index in [4.69, 9.17) is 23.2 Å². The molecule has 1 amide bonds. The van der Waals surface area contributed by atoms with Crippen LogP contribution in [0.15, 0.2) is 59.7 Å². The number of sulfonamides is 1. The van der Waals surface area contributed by atoms with Gasteiger partial charge in [-0.15, -0.1) is 0 Å². The molecule has 0 fully saturated rings. The van der Waals surface area contributed by atoms with Crippen LogP contribution < -0.4 is 9.73 Å². The van der Waals surface area contributed by atoms with Gasteiger partial charge in [0.15, 0.2) is 0 Å². The highest BCUT2D eigenvalue weighted by Gasteiger charge is 2.20. The number of amides is 1. The van der Waals surface area contributed by atoms with Gasteiger partial charge >= 0.3 is 0 Å². The van der Waals surface area contributed by atoms with E-state index >= 15 is 0 Å². The molecule has 3 aromatic rings. The Hall–Kier alpha value is -2.81. The molecule has 0 radical (unpaired) electrons. The van der Waals surface area contributed by atoms with E-state index in [2.05, 4.69) is 10.5 Å². The van der Waals surface area contributed by atoms with Gasteiger partial charge in [0, 0.05) is 17.0 Å². The minimum Gasteiger partial charge on any atom is -0.316 e. The molecule has 1 N–H and O–H groups in total. The lowest BCUT2D eigenvalue weighted by atomic mass is 10.2. The van der Waals surface area contributed by atoms with E-state index in [1.807, 2.05) is 36.6 Å². The molecule has 0 aliphatic rings. The van der Waals surface area contributed by atoms with Gasteiger partial charge in [0.1, 0.15) is 6.54 Å². The molecule has 32 heavy (non-hydrogen) atoms. The Morgan fingerprint density at radius 3 is 2.47 bits per heavy atom. The van der Waals surface area contributed by atoms with Gasteiger partial charge in [-0.25, -0.2) is 13.8 Å². The smallest absolute Gasteiger partial charge is 0.260 e. The minimum absolute atomic E-state index is 0.392. The maximum atomic E-state index is 12.4. The molecule has 7 nitrogen and oxygen atoms in total. The number of hydrazone groups is 1. The molecule has 1 heterocycles. The number of nitrogens with zero attached hydrogens (tertiary/aromatic N) is 3. The number of anilines is 1. The van der Waals surface area contributed by atoms with Crippen molar-refractivity contribution in [2.24, 2.45) is 5.10 Å². The molecule has 1 aromatic heterocycles. The summed E-state index contributed by atoms with van der Waals surface area (Å²) in [5.74, 6) is -0.567. The Bertz CT molecular complexity index is 1270. The van der Waals surface area contributed by atoms with Crippen molar-refractivity contribution in [2.75, 3.05) is 17.1 Å². The van der Waals surface area contributed by atoms with Crippen molar-refractivity contribution in [3.05, 3.63) is 81.6 Å². The lowest BCUT2D eigenvalue weighted by Gasteiger charge is -2.21. The topological polar surface area (TPSA) is 83.8 Å². The number of hydrogen-bond acceptors (Lipinski definition) is 4. The molecule has 0 unspecified atom stereocenters. The first-order valence-corrected chi connectivity index (χ1v) is 12.2. The van der Waals surface area contributed by atoms with Crippen molar-refractivity contribution in [3.63, 3.8) is 0 Å². The normalized spacial score (nSPS) is 11.7. The van der Waals surface area contributed by atoms with Crippen molar-refractivity contribution >= 4 is 51.0 Å². The van der Waals surface area contributed by atoms with Gasteiger partial charge in [-0.3, -0.25) is 9.10 Å². The number of nitrogens with one attached hydrogen (secondary N) is 1. The number of para-hydroxylation sites is 1. The molecule has 10 heteroatoms. The molecular formula is C22H22Cl2N4O3S. The Balaban J connectivity index is 1.76. The maximum Gasteiger partial charge on any atom is 0.260 e. The molecule has 0 saturated heterocycles. The fraction of sp³-hybridized carbons (Fsp3) is 0.182. The van der Waals surface area contributed by atoms with E-state index < -0.39 is 22.5 Å². The number of aromatic nitrogens is 1. The average molecular weight is 493 g/mol. The summed E-state index contributed by atoms with van der Waals surface area (Å²) in [6.07, 6.45) is 2.55. The number of carbonyl (C=O) groups excluding carboxylic acids is 1. The van der Waals surface area contributed by atoms with Gasteiger partial charge in [-0.2, -0.15) is 5.10 Å². The first-order valence-electron chi connectivity index (χ1n) is 9.57. The molecule has 0 spiro atoms. The van der Waals surface area contributed by atoms with Crippen LogP contribution in [0.4, 0.5) is 5.69 Å². The molecule has 0 aliphatic heterocycles. The molecular weight excluding hydrogens is 471 g/mol. The van der Waals surface area contributed by atoms with Crippen molar-refractivity contribution < 1.29 is 13.2 Å². The Morgan fingerprint density at radius 2 is 1.81 bits per heavy atom. The molecule has 3 rings (SSSR count). The van der Waals surface area contributed by atoms with E-state index in [0.29, 0.717) is 15.7 Å². The highest BCUT2D eigenvalue weighted by Crippen LogP contribution is 2.31. The molecule has 0 aliphatic carbocycles. The van der Waals surface area contributed by atoms with Crippen molar-refractivity contribution in [1.29, 1.82) is 0 Å². The molecule has 0 saturated carbocycles. The molecule has 0 atom stereocenters. The quantitative estimate of drug-likeness (QED) is 0.393. The monoisotopic (exact) mass is 492 g/mol. The van der Waals surface area contributed by atoms with Crippen molar-refractivity contribution in [2.45, 2.75) is 13.8 Å². The van der Waals surface area contributed by atoms with Crippen LogP contribution in [0.2, 0.25) is 10.0 Å². The number of rotatable bonds is 7. The van der Waals surface area contributed by atoms with E-state index in [9.17, 15) is 13.2 Å². The summed E-state index contributed by atoms with van der Waals surface area (Å²) in [5.41, 5.74) is 6.06. The summed E-state index contributed by atoms with van der Waals surface area (Å²) in [6.45, 7) is 3.43. The summed E-state index contributed by atoms with van der Waals surface area (Å²) in [6, 6.07) is 15.7. The highest BCUT2D eigenvalue weighted by atomic mass is 35.5. The zero-order chi connectivity index (χ0) is 23.5. The molecule has 168 valence electrons. The minimum atomic E-state index is -3.64. The fourth-order valence-corrected chi connectivity index (χ4v) is 4.52. The lowest BCUT2D eigenvalue weighted by molar-refractivity contribution is -0.119. The van der Waals surface area contributed by atoms with E-state index in [-0.39, 0.29) is 0 Å². The predicted molar refractivity (Wildman–Crippen MR) is 130 cm³/mol. The third-order valence-corrected chi connectivity index (χ3v) is 6.72. The largest absolute Gasteiger partial charge is 0.316 e. The number of carbonyl (C=O) groups is 1. The Morgan fingerprint density at radius 1 is 1.12 bits per heavy atom. The summed E-state index contributed by atoms with van der Waals surface area (Å²) in [5, 5.41) is 4.89. The third-order valence-electron chi connectivity index (χ3n) is 4.77. The van der Waals surface area contributed by atoms with Crippen LogP contribution in [0, 0.1) is 13.8 Å². The molecule has 0 bridgehead atoms. The van der Waals surface area contributed by atoms with E-state index in [1.165, 1.54) is 6.21 Å². The fourth-order valence-electron chi connectivity index (χ4n) is 3.29. The first kappa shape index (κ1) is 23.8. The average Bonchev–Trinajstić information content (AvgIpc) is 3.01. The number of aryl methyl sites for hydroxylation is 1. The second-order valence-corrected chi connectivity index (χ2v) is 9.83. The van der Waals surface area contributed by atoms with Gasteiger partial charge in [0.25, 0.3) is 5.91 Å². The number of halogens is 2. The second-order valence-electron chi connectivity index (χ2n) is 7.13. The van der Waals surface area contributed by atoms with Crippen LogP contribution in [-0.2, 0) is 14.8 Å². The number of hydrogen-bond donors (Lipinski definition) is 1. The zero-order valence-electron chi connectivity index (χ0n) is 17.7. The summed E-state index contributed by atoms with van der Waals surface area (Å²) < 4.78 is 27.2. The van der Waals surface area contributed by atoms with Gasteiger partial charge in [-0.05, 0) is 44.2 Å². The van der Waals surface area contributed by atoms with Crippen LogP contribution >= 0.6 is 23.2 Å². The van der Waals surface area contributed by atoms with Crippen LogP contribution in [0.1, 0.15) is 17.0 Å². The van der Waals surface area contributed by atoms with Gasteiger partial charge < -0.3 is 4.57 Å². The van der Waals surface area contributed by atoms with Gasteiger partial charge in [0.2, 0.25) is 10.0 Å². The van der Waals surface area contributed by atoms with Crippen molar-refractivity contribution in [1.82, 2.24) is 9.99 Å². The summed E-state index contributed by atoms with van der Waals surface area (Å²) >= 11 is 12.5. The van der Waals surface area contributed by atoms with Gasteiger partial charge in [0.05, 0.1) is 33.9 Å². The van der Waals surface area contributed by atoms with Crippen LogP contribution in [0.5, 0.6) is 0 Å². The first-order chi connectivity index (χ1) is 15.1. The zero-order valence-corrected chi connectivity index (χ0v) is 20.0. The Kier molecular flexibility index (Phi) is 7.28. The lowest BCUT2D eigenvalue weighted by Crippen LogP contribution is -2.38. The maximum absolute atomic E-state index is 12.4. The second kappa shape index (κ2) is 9.77. The summed E-state index contributed by atoms with van der Waals surface area (Å²) in [4.78, 5) is 12.4. The van der Waals surface area contributed by atoms with Crippen LogP contribution in [0.3, 0.4) is 0 Å². The Labute approximate surface area is 197 Å². The SMILES string of the molecule is Cc1cc(/C=N\NC(=O)CN(c2ccccc2)S(C)(=O)=O)c(C)n1-c1cccc(Cl)c1Cl. The highest BCUT2D eigenvalue weighted by molar-refractivity contribution is 7.92. The van der Waals surface area contributed by atoms with Crippen LogP contribution in [0.25, 0.3) is 5.69 Å². The van der Waals surface area contributed by atoms with Crippen molar-refractivity contribution in [3.8, 4) is 5.69 Å². The molecule has 2 aromatic carbocycles. The number of benzene rings is 2. The predicted octanol–water partition coefficient (Wildman–Crippen LogP) is 4.32. The summed E-state index contributed by atoms with van der Waals surface area (Å²) in [7, 11) is -3.64. The van der Waals surface area contributed by atoms with Crippen LogP contribution in [-0.4, -0.2) is 37.9 Å². The van der Waals surface area contributed by atoms with Gasteiger partial charge in [-0.1, -0.05) is 47.5 Å². The third kappa shape index (κ3) is 5.32. The van der Waals surface area contributed by atoms with E-state index in [0.717, 1.165) is 33.2 Å².